The molecule has 0 atom stereocenters. The Kier molecular flexibility index (Phi) is 3.74. The lowest BCUT2D eigenvalue weighted by molar-refractivity contribution is -0.138. The van der Waals surface area contributed by atoms with Crippen LogP contribution < -0.4 is 5.32 Å². The molecule has 1 fully saturated rings. The first kappa shape index (κ1) is 15.7. The van der Waals surface area contributed by atoms with Gasteiger partial charge < -0.3 is 20.1 Å². The quantitative estimate of drug-likeness (QED) is 0.704. The zero-order chi connectivity index (χ0) is 21.7. The first-order chi connectivity index (χ1) is 14.2. The van der Waals surface area contributed by atoms with Crippen molar-refractivity contribution in [1.82, 2.24) is 9.88 Å². The summed E-state index contributed by atoms with van der Waals surface area (Å²) in [5.74, 6) is -4.36. The highest BCUT2D eigenvalue weighted by atomic mass is 16.4. The van der Waals surface area contributed by atoms with E-state index in [1.165, 1.54) is 0 Å². The highest BCUT2D eigenvalue weighted by molar-refractivity contribution is 6.27. The summed E-state index contributed by atoms with van der Waals surface area (Å²) in [5, 5.41) is 21.5. The van der Waals surface area contributed by atoms with Gasteiger partial charge in [0.15, 0.2) is 11.5 Å². The number of carbonyl (C=O) groups excluding carboxylic acids is 2. The van der Waals surface area contributed by atoms with E-state index < -0.39 is 41.0 Å². The standard InChI is InChI=1S/C21H20N2O5/c24-16(25)12-22-20(28)17-18(26)15-9-8-14(13-6-2-1-3-7-13)23(15)21(19(17)27)10-4-5-11-21/h1-3,6-9,26H,4-5,10-12H2,(H,22,28)(H,24,25)/i12D2. The lowest BCUT2D eigenvalue weighted by Crippen LogP contribution is -2.48. The van der Waals surface area contributed by atoms with Crippen LogP contribution in [0.4, 0.5) is 0 Å². The van der Waals surface area contributed by atoms with Crippen molar-refractivity contribution in [1.29, 1.82) is 0 Å². The van der Waals surface area contributed by atoms with Gasteiger partial charge in [-0.15, -0.1) is 0 Å². The minimum Gasteiger partial charge on any atom is -0.505 e. The fourth-order valence-electron chi connectivity index (χ4n) is 4.28. The number of amides is 1. The SMILES string of the molecule is [2H]C([2H])(NC(=O)C1=C(O)c2ccc(-c3ccccc3)n2C2(CCCC2)C1=O)C(=O)O. The average Bonchev–Trinajstić information content (AvgIpc) is 3.35. The van der Waals surface area contributed by atoms with Gasteiger partial charge in [-0.3, -0.25) is 14.4 Å². The molecule has 0 unspecified atom stereocenters. The van der Waals surface area contributed by atoms with Crippen molar-refractivity contribution in [2.45, 2.75) is 31.2 Å². The highest BCUT2D eigenvalue weighted by Crippen LogP contribution is 2.47. The third kappa shape index (κ3) is 2.62. The molecule has 2 heterocycles. The second-order valence-corrected chi connectivity index (χ2v) is 6.98. The monoisotopic (exact) mass is 382 g/mol. The molecule has 1 aliphatic carbocycles. The summed E-state index contributed by atoms with van der Waals surface area (Å²) in [5.41, 5.74) is 0.167. The molecule has 0 radical (unpaired) electrons. The average molecular weight is 382 g/mol. The van der Waals surface area contributed by atoms with Crippen LogP contribution in [-0.4, -0.2) is 38.9 Å². The Morgan fingerprint density at radius 3 is 2.39 bits per heavy atom. The first-order valence-corrected chi connectivity index (χ1v) is 9.01. The van der Waals surface area contributed by atoms with Gasteiger partial charge in [0.2, 0.25) is 0 Å². The topological polar surface area (TPSA) is 109 Å². The molecule has 2 aliphatic rings. The molecule has 1 aromatic heterocycles. The molecular weight excluding hydrogens is 360 g/mol. The molecule has 144 valence electrons. The first-order valence-electron chi connectivity index (χ1n) is 10.0. The summed E-state index contributed by atoms with van der Waals surface area (Å²) in [6, 6.07) is 12.8. The lowest BCUT2D eigenvalue weighted by Gasteiger charge is -2.37. The normalized spacial score (nSPS) is 19.2. The van der Waals surface area contributed by atoms with Gasteiger partial charge in [0.1, 0.15) is 17.6 Å². The smallest absolute Gasteiger partial charge is 0.322 e. The van der Waals surface area contributed by atoms with Gasteiger partial charge in [-0.05, 0) is 30.5 Å². The number of Topliss-reactive ketones (excluding diaryl/α,β-unsaturated/α-hetero) is 1. The van der Waals surface area contributed by atoms with E-state index in [1.807, 2.05) is 30.3 Å². The van der Waals surface area contributed by atoms with Gasteiger partial charge >= 0.3 is 5.97 Å². The number of carboxylic acid groups (broad SMARTS) is 1. The van der Waals surface area contributed by atoms with Crippen molar-refractivity contribution in [2.24, 2.45) is 0 Å². The van der Waals surface area contributed by atoms with Crippen molar-refractivity contribution >= 4 is 23.4 Å². The Morgan fingerprint density at radius 2 is 1.75 bits per heavy atom. The van der Waals surface area contributed by atoms with Crippen LogP contribution >= 0.6 is 0 Å². The van der Waals surface area contributed by atoms with Crippen LogP contribution in [0.15, 0.2) is 48.0 Å². The number of fused-ring (bicyclic) bond motifs is 2. The number of carbonyl (C=O) groups is 3. The van der Waals surface area contributed by atoms with Crippen molar-refractivity contribution < 1.29 is 27.3 Å². The number of aromatic nitrogens is 1. The Bertz CT molecular complexity index is 1080. The number of hydrogen-bond acceptors (Lipinski definition) is 4. The number of hydrogen-bond donors (Lipinski definition) is 3. The summed E-state index contributed by atoms with van der Waals surface area (Å²) >= 11 is 0. The molecule has 1 aromatic carbocycles. The fourth-order valence-corrected chi connectivity index (χ4v) is 4.28. The van der Waals surface area contributed by atoms with E-state index in [1.54, 1.807) is 22.0 Å². The second kappa shape index (κ2) is 6.67. The number of nitrogens with zero attached hydrogens (tertiary/aromatic N) is 1. The van der Waals surface area contributed by atoms with Gasteiger partial charge in [-0.2, -0.15) is 0 Å². The third-order valence-electron chi connectivity index (χ3n) is 5.45. The van der Waals surface area contributed by atoms with E-state index in [4.69, 9.17) is 7.85 Å². The summed E-state index contributed by atoms with van der Waals surface area (Å²) in [6.07, 6.45) is 2.43. The molecule has 4 rings (SSSR count). The summed E-state index contributed by atoms with van der Waals surface area (Å²) < 4.78 is 16.7. The van der Waals surface area contributed by atoms with E-state index in [0.717, 1.165) is 24.1 Å². The molecule has 3 N–H and O–H groups in total. The van der Waals surface area contributed by atoms with Crippen LogP contribution in [0, 0.1) is 0 Å². The minimum atomic E-state index is -3.08. The maximum atomic E-state index is 13.5. The predicted molar refractivity (Wildman–Crippen MR) is 102 cm³/mol. The largest absolute Gasteiger partial charge is 0.505 e. The van der Waals surface area contributed by atoms with Gasteiger partial charge in [-0.25, -0.2) is 0 Å². The molecule has 1 spiro atoms. The Morgan fingerprint density at radius 1 is 1.11 bits per heavy atom. The Balaban J connectivity index is 1.89. The molecule has 7 heteroatoms. The predicted octanol–water partition coefficient (Wildman–Crippen LogP) is 2.48. The van der Waals surface area contributed by atoms with E-state index in [-0.39, 0.29) is 5.69 Å². The van der Waals surface area contributed by atoms with Gasteiger partial charge in [0, 0.05) is 5.69 Å². The maximum absolute atomic E-state index is 13.5. The van der Waals surface area contributed by atoms with E-state index in [2.05, 4.69) is 0 Å². The van der Waals surface area contributed by atoms with E-state index in [0.29, 0.717) is 12.8 Å². The molecule has 2 aromatic rings. The number of benzene rings is 1. The summed E-state index contributed by atoms with van der Waals surface area (Å²) in [6.45, 7) is -3.08. The van der Waals surface area contributed by atoms with Crippen molar-refractivity contribution in [2.75, 3.05) is 6.50 Å². The molecule has 1 amide bonds. The molecule has 0 bridgehead atoms. The van der Waals surface area contributed by atoms with E-state index >= 15 is 0 Å². The molecule has 1 aliphatic heterocycles. The maximum Gasteiger partial charge on any atom is 0.322 e. The summed E-state index contributed by atoms with van der Waals surface area (Å²) in [7, 11) is 0. The second-order valence-electron chi connectivity index (χ2n) is 6.98. The van der Waals surface area contributed by atoms with Crippen LogP contribution in [0.2, 0.25) is 0 Å². The molecular formula is C21H20N2O5. The highest BCUT2D eigenvalue weighted by Gasteiger charge is 2.51. The Labute approximate surface area is 164 Å². The molecule has 1 saturated carbocycles. The van der Waals surface area contributed by atoms with Crippen LogP contribution in [0.3, 0.4) is 0 Å². The molecule has 7 nitrogen and oxygen atoms in total. The number of rotatable bonds is 4. The Hall–Kier alpha value is -3.35. The number of aliphatic carboxylic acids is 1. The number of aliphatic hydroxyl groups is 1. The van der Waals surface area contributed by atoms with Crippen molar-refractivity contribution in [3.05, 3.63) is 53.7 Å². The molecule has 28 heavy (non-hydrogen) atoms. The number of nitrogens with one attached hydrogen (secondary N) is 1. The molecule has 0 saturated heterocycles. The lowest BCUT2D eigenvalue weighted by atomic mass is 9.82. The summed E-state index contributed by atoms with van der Waals surface area (Å²) in [4.78, 5) is 37.3. The van der Waals surface area contributed by atoms with Crippen LogP contribution in [0.25, 0.3) is 17.0 Å². The van der Waals surface area contributed by atoms with Gasteiger partial charge in [0.25, 0.3) is 5.91 Å². The zero-order valence-corrected chi connectivity index (χ0v) is 14.9. The van der Waals surface area contributed by atoms with Gasteiger partial charge in [-0.1, -0.05) is 43.2 Å². The number of aliphatic hydroxyl groups excluding tert-OH is 1. The van der Waals surface area contributed by atoms with Gasteiger partial charge in [0.05, 0.1) is 8.44 Å². The number of carboxylic acids is 1. The van der Waals surface area contributed by atoms with Crippen LogP contribution in [0.1, 0.15) is 34.1 Å². The van der Waals surface area contributed by atoms with Crippen molar-refractivity contribution in [3.8, 4) is 11.3 Å². The zero-order valence-electron chi connectivity index (χ0n) is 16.9. The third-order valence-corrected chi connectivity index (χ3v) is 5.45. The van der Waals surface area contributed by atoms with Crippen molar-refractivity contribution in [3.63, 3.8) is 0 Å². The van der Waals surface area contributed by atoms with Crippen LogP contribution in [0.5, 0.6) is 0 Å². The fraction of sp³-hybridized carbons (Fsp3) is 0.286. The van der Waals surface area contributed by atoms with Crippen LogP contribution in [-0.2, 0) is 19.9 Å². The number of ketones is 1. The van der Waals surface area contributed by atoms with E-state index in [9.17, 15) is 19.5 Å². The minimum absolute atomic E-state index is 0.274.